The van der Waals surface area contributed by atoms with Gasteiger partial charge in [0.25, 0.3) is 0 Å². The molecule has 0 aliphatic rings. The number of benzene rings is 1. The van der Waals surface area contributed by atoms with Crippen molar-refractivity contribution in [2.45, 2.75) is 6.42 Å². The monoisotopic (exact) mass is 325 g/mol. The van der Waals surface area contributed by atoms with Gasteiger partial charge in [0.1, 0.15) is 5.58 Å². The maximum absolute atomic E-state index is 11.1. The van der Waals surface area contributed by atoms with E-state index in [2.05, 4.69) is 4.98 Å². The molecule has 0 bridgehead atoms. The minimum Gasteiger partial charge on any atom is -0.481 e. The molecule has 1 aromatic carbocycles. The number of carboxylic acids is 1. The van der Waals surface area contributed by atoms with E-state index in [1.165, 1.54) is 11.3 Å². The highest BCUT2D eigenvalue weighted by atomic mass is 32.1. The fourth-order valence-corrected chi connectivity index (χ4v) is 3.17. The van der Waals surface area contributed by atoms with Crippen molar-refractivity contribution in [1.29, 1.82) is 0 Å². The number of hydrogen-bond donors (Lipinski definition) is 1. The van der Waals surface area contributed by atoms with E-state index in [4.69, 9.17) is 13.9 Å². The Balaban J connectivity index is 1.83. The number of fused-ring (bicyclic) bond motifs is 1. The Morgan fingerprint density at radius 2 is 2.17 bits per heavy atom. The molecule has 23 heavy (non-hydrogen) atoms. The van der Waals surface area contributed by atoms with Crippen LogP contribution in [0.3, 0.4) is 0 Å². The lowest BCUT2D eigenvalue weighted by molar-refractivity contribution is -0.136. The van der Waals surface area contributed by atoms with Gasteiger partial charge in [0.15, 0.2) is 5.76 Å². The van der Waals surface area contributed by atoms with Gasteiger partial charge < -0.3 is 13.9 Å². The van der Waals surface area contributed by atoms with Crippen molar-refractivity contribution < 1.29 is 18.7 Å². The summed E-state index contributed by atoms with van der Waals surface area (Å²) in [5, 5.41) is 12.0. The highest BCUT2D eigenvalue weighted by molar-refractivity contribution is 7.13. The van der Waals surface area contributed by atoms with Gasteiger partial charge in [-0.2, -0.15) is 0 Å². The fourth-order valence-electron chi connectivity index (χ4n) is 2.44. The molecule has 0 aliphatic heterocycles. The van der Waals surface area contributed by atoms with E-state index < -0.39 is 5.97 Å². The Labute approximate surface area is 134 Å². The number of hydrogen-bond acceptors (Lipinski definition) is 5. The van der Waals surface area contributed by atoms with Gasteiger partial charge in [-0.1, -0.05) is 6.07 Å². The van der Waals surface area contributed by atoms with Crippen molar-refractivity contribution in [3.63, 3.8) is 0 Å². The highest BCUT2D eigenvalue weighted by Gasteiger charge is 2.19. The van der Waals surface area contributed by atoms with Crippen LogP contribution in [0.5, 0.6) is 0 Å². The van der Waals surface area contributed by atoms with E-state index in [1.807, 2.05) is 41.8 Å². The Morgan fingerprint density at radius 3 is 2.96 bits per heavy atom. The third kappa shape index (κ3) is 2.53. The summed E-state index contributed by atoms with van der Waals surface area (Å²) in [4.78, 5) is 16.3. The molecule has 0 unspecified atom stereocenters. The minimum atomic E-state index is -0.937. The van der Waals surface area contributed by atoms with Gasteiger partial charge in [-0.3, -0.25) is 4.79 Å². The molecule has 4 aromatic rings. The molecule has 3 heterocycles. The molecule has 5 nitrogen and oxygen atoms in total. The largest absolute Gasteiger partial charge is 0.481 e. The lowest BCUT2D eigenvalue weighted by Gasteiger charge is -1.95. The number of thiophene rings is 1. The highest BCUT2D eigenvalue weighted by Crippen LogP contribution is 2.33. The van der Waals surface area contributed by atoms with Gasteiger partial charge in [0.2, 0.25) is 5.89 Å². The molecular weight excluding hydrogens is 314 g/mol. The first-order valence-corrected chi connectivity index (χ1v) is 7.81. The number of nitrogens with zero attached hydrogens (tertiary/aromatic N) is 1. The smallest absolute Gasteiger partial charge is 0.309 e. The summed E-state index contributed by atoms with van der Waals surface area (Å²) in [6, 6.07) is 11.2. The summed E-state index contributed by atoms with van der Waals surface area (Å²) < 4.78 is 11.2. The summed E-state index contributed by atoms with van der Waals surface area (Å²) in [6.45, 7) is 0. The number of carboxylic acid groups (broad SMARTS) is 1. The molecule has 0 saturated heterocycles. The molecule has 4 rings (SSSR count). The van der Waals surface area contributed by atoms with Crippen LogP contribution in [-0.2, 0) is 11.2 Å². The molecule has 0 spiro atoms. The van der Waals surface area contributed by atoms with Crippen molar-refractivity contribution in [2.24, 2.45) is 0 Å². The predicted octanol–water partition coefficient (Wildman–Crippen LogP) is 4.44. The first-order valence-electron chi connectivity index (χ1n) is 6.94. The second-order valence-electron chi connectivity index (χ2n) is 5.02. The van der Waals surface area contributed by atoms with Crippen LogP contribution in [0.1, 0.15) is 5.69 Å². The maximum Gasteiger partial charge on any atom is 0.309 e. The zero-order chi connectivity index (χ0) is 15.8. The molecule has 6 heteroatoms. The molecular formula is C17H11NO4S. The maximum atomic E-state index is 11.1. The van der Waals surface area contributed by atoms with Crippen LogP contribution in [0.25, 0.3) is 33.1 Å². The molecule has 114 valence electrons. The molecule has 0 saturated carbocycles. The van der Waals surface area contributed by atoms with Gasteiger partial charge in [0, 0.05) is 10.9 Å². The lowest BCUT2D eigenvalue weighted by atomic mass is 10.1. The Morgan fingerprint density at radius 1 is 1.26 bits per heavy atom. The second-order valence-corrected chi connectivity index (χ2v) is 5.96. The number of aromatic nitrogens is 1. The van der Waals surface area contributed by atoms with Crippen LogP contribution >= 0.6 is 11.3 Å². The van der Waals surface area contributed by atoms with E-state index in [0.717, 1.165) is 21.4 Å². The van der Waals surface area contributed by atoms with Crippen LogP contribution in [0.4, 0.5) is 0 Å². The molecule has 0 amide bonds. The summed E-state index contributed by atoms with van der Waals surface area (Å²) in [5.74, 6) is -0.00890. The summed E-state index contributed by atoms with van der Waals surface area (Å²) >= 11 is 1.49. The summed E-state index contributed by atoms with van der Waals surface area (Å²) in [5.41, 5.74) is 2.00. The third-order valence-corrected chi connectivity index (χ3v) is 4.33. The third-order valence-electron chi connectivity index (χ3n) is 3.46. The summed E-state index contributed by atoms with van der Waals surface area (Å²) in [7, 11) is 0. The second kappa shape index (κ2) is 5.40. The standard InChI is InChI=1S/C17H11NO4S/c19-15(20)9-12-16(14-2-1-7-23-14)22-17(18-12)11-3-4-13-10(8-11)5-6-21-13/h1-8H,9H2,(H,19,20). The molecule has 0 fully saturated rings. The minimum absolute atomic E-state index is 0.176. The van der Waals surface area contributed by atoms with E-state index in [-0.39, 0.29) is 6.42 Å². The number of rotatable bonds is 4. The SMILES string of the molecule is O=C(O)Cc1nc(-c2ccc3occc3c2)oc1-c1cccs1. The number of oxazole rings is 1. The number of aliphatic carboxylic acids is 1. The van der Waals surface area contributed by atoms with Crippen LogP contribution in [-0.4, -0.2) is 16.1 Å². The average molecular weight is 325 g/mol. The average Bonchev–Trinajstić information content (AvgIpc) is 3.26. The molecule has 0 aliphatic carbocycles. The molecule has 3 aromatic heterocycles. The van der Waals surface area contributed by atoms with Crippen LogP contribution < -0.4 is 0 Å². The lowest BCUT2D eigenvalue weighted by Crippen LogP contribution is -2.01. The van der Waals surface area contributed by atoms with E-state index >= 15 is 0 Å². The van der Waals surface area contributed by atoms with Crippen molar-refractivity contribution in [3.05, 3.63) is 53.7 Å². The van der Waals surface area contributed by atoms with Crippen LogP contribution in [0.2, 0.25) is 0 Å². The van der Waals surface area contributed by atoms with Crippen molar-refractivity contribution in [3.8, 4) is 22.1 Å². The van der Waals surface area contributed by atoms with Crippen molar-refractivity contribution in [1.82, 2.24) is 4.98 Å². The van der Waals surface area contributed by atoms with Gasteiger partial charge in [0.05, 0.1) is 23.3 Å². The van der Waals surface area contributed by atoms with Crippen LogP contribution in [0, 0.1) is 0 Å². The van der Waals surface area contributed by atoms with Gasteiger partial charge in [-0.05, 0) is 35.7 Å². The van der Waals surface area contributed by atoms with E-state index in [9.17, 15) is 4.79 Å². The van der Waals surface area contributed by atoms with Crippen LogP contribution in [0.15, 0.2) is 56.9 Å². The zero-order valence-electron chi connectivity index (χ0n) is 11.9. The van der Waals surface area contributed by atoms with E-state index in [1.54, 1.807) is 6.26 Å². The van der Waals surface area contributed by atoms with E-state index in [0.29, 0.717) is 17.3 Å². The van der Waals surface area contributed by atoms with Crippen molar-refractivity contribution in [2.75, 3.05) is 0 Å². The number of carbonyl (C=O) groups is 1. The Kier molecular flexibility index (Phi) is 3.24. The normalized spacial score (nSPS) is 11.1. The predicted molar refractivity (Wildman–Crippen MR) is 86.4 cm³/mol. The molecule has 0 radical (unpaired) electrons. The Hall–Kier alpha value is -2.86. The van der Waals surface area contributed by atoms with Gasteiger partial charge >= 0.3 is 5.97 Å². The topological polar surface area (TPSA) is 76.5 Å². The molecule has 1 N–H and O–H groups in total. The quantitative estimate of drug-likeness (QED) is 0.600. The fraction of sp³-hybridized carbons (Fsp3) is 0.0588. The zero-order valence-corrected chi connectivity index (χ0v) is 12.7. The van der Waals surface area contributed by atoms with Gasteiger partial charge in [-0.15, -0.1) is 11.3 Å². The first kappa shape index (κ1) is 13.8. The Bertz CT molecular complexity index is 981. The number of furan rings is 1. The van der Waals surface area contributed by atoms with Crippen molar-refractivity contribution >= 4 is 28.3 Å². The summed E-state index contributed by atoms with van der Waals surface area (Å²) in [6.07, 6.45) is 1.45. The molecule has 0 atom stereocenters. The van der Waals surface area contributed by atoms with Gasteiger partial charge in [-0.25, -0.2) is 4.98 Å². The first-order chi connectivity index (χ1) is 11.2.